The normalized spacial score (nSPS) is 16.1. The summed E-state index contributed by atoms with van der Waals surface area (Å²) in [6.07, 6.45) is 6.95. The Hall–Kier alpha value is -2.90. The number of aromatic nitrogens is 3. The van der Waals surface area contributed by atoms with Gasteiger partial charge in [0.15, 0.2) is 0 Å². The number of anilines is 1. The topological polar surface area (TPSA) is 79.8 Å². The van der Waals surface area contributed by atoms with E-state index in [0.717, 1.165) is 31.5 Å². The summed E-state index contributed by atoms with van der Waals surface area (Å²) in [5.74, 6) is 0.476. The second kappa shape index (κ2) is 9.94. The van der Waals surface area contributed by atoms with Gasteiger partial charge >= 0.3 is 0 Å². The van der Waals surface area contributed by atoms with Crippen LogP contribution in [0.4, 0.5) is 10.2 Å². The maximum Gasteiger partial charge on any atom is 0.145 e. The highest BCUT2D eigenvalue weighted by atomic mass is 35.5. The molecular formula is C23H23ClFN5O. The van der Waals surface area contributed by atoms with Crippen molar-refractivity contribution in [1.29, 1.82) is 0 Å². The number of carbonyl (C=O) groups excluding carboxylic acids is 1. The first-order valence-corrected chi connectivity index (χ1v) is 10.6. The summed E-state index contributed by atoms with van der Waals surface area (Å²) in [4.78, 5) is 25.8. The molecule has 1 aliphatic heterocycles. The minimum atomic E-state index is -0.284. The molecule has 1 fully saturated rings. The van der Waals surface area contributed by atoms with E-state index in [1.54, 1.807) is 30.7 Å². The smallest absolute Gasteiger partial charge is 0.145 e. The van der Waals surface area contributed by atoms with Gasteiger partial charge in [-0.05, 0) is 43.1 Å². The van der Waals surface area contributed by atoms with Crippen LogP contribution in [0.15, 0.2) is 48.9 Å². The molecular weight excluding hydrogens is 417 g/mol. The summed E-state index contributed by atoms with van der Waals surface area (Å²) < 4.78 is 13.4. The number of nitrogens with one attached hydrogen (secondary N) is 2. The molecule has 160 valence electrons. The maximum atomic E-state index is 13.4. The van der Waals surface area contributed by atoms with E-state index in [1.807, 2.05) is 6.07 Å². The Balaban J connectivity index is 1.48. The fraction of sp³-hybridized carbons (Fsp3) is 0.304. The lowest BCUT2D eigenvalue weighted by molar-refractivity contribution is -0.122. The number of halogens is 2. The predicted octanol–water partition coefficient (Wildman–Crippen LogP) is 4.05. The summed E-state index contributed by atoms with van der Waals surface area (Å²) in [5.41, 5.74) is 2.70. The molecule has 1 aromatic carbocycles. The van der Waals surface area contributed by atoms with Gasteiger partial charge in [0.1, 0.15) is 17.4 Å². The Morgan fingerprint density at radius 3 is 2.97 bits per heavy atom. The summed E-state index contributed by atoms with van der Waals surface area (Å²) in [7, 11) is 0. The Morgan fingerprint density at radius 2 is 2.16 bits per heavy atom. The van der Waals surface area contributed by atoms with E-state index in [0.29, 0.717) is 34.3 Å². The molecule has 31 heavy (non-hydrogen) atoms. The zero-order valence-corrected chi connectivity index (χ0v) is 17.7. The van der Waals surface area contributed by atoms with Crippen LogP contribution in [-0.2, 0) is 17.8 Å². The first-order chi connectivity index (χ1) is 15.1. The monoisotopic (exact) mass is 439 g/mol. The number of ketones is 1. The Kier molecular flexibility index (Phi) is 6.84. The minimum absolute atomic E-state index is 0.0322. The lowest BCUT2D eigenvalue weighted by Gasteiger charge is -2.21. The second-order valence-electron chi connectivity index (χ2n) is 7.61. The van der Waals surface area contributed by atoms with Crippen LogP contribution in [0.1, 0.15) is 24.1 Å². The lowest BCUT2D eigenvalue weighted by atomic mass is 9.92. The fourth-order valence-electron chi connectivity index (χ4n) is 3.64. The summed E-state index contributed by atoms with van der Waals surface area (Å²) >= 11 is 6.37. The highest BCUT2D eigenvalue weighted by Gasteiger charge is 2.21. The predicted molar refractivity (Wildman–Crippen MR) is 118 cm³/mol. The van der Waals surface area contributed by atoms with Crippen LogP contribution in [0.2, 0.25) is 5.02 Å². The van der Waals surface area contributed by atoms with Crippen molar-refractivity contribution in [3.8, 4) is 11.3 Å². The molecule has 0 bridgehead atoms. The van der Waals surface area contributed by atoms with E-state index in [4.69, 9.17) is 11.6 Å². The van der Waals surface area contributed by atoms with Gasteiger partial charge in [-0.2, -0.15) is 0 Å². The number of rotatable bonds is 7. The zero-order valence-electron chi connectivity index (χ0n) is 16.9. The third kappa shape index (κ3) is 5.62. The van der Waals surface area contributed by atoms with Gasteiger partial charge in [-0.1, -0.05) is 23.7 Å². The van der Waals surface area contributed by atoms with E-state index >= 15 is 0 Å². The molecule has 0 spiro atoms. The zero-order chi connectivity index (χ0) is 21.6. The van der Waals surface area contributed by atoms with Crippen molar-refractivity contribution >= 4 is 23.2 Å². The fourth-order valence-corrected chi connectivity index (χ4v) is 3.85. The largest absolute Gasteiger partial charge is 0.365 e. The summed E-state index contributed by atoms with van der Waals surface area (Å²) in [6.45, 7) is 2.11. The van der Waals surface area contributed by atoms with Gasteiger partial charge in [-0.25, -0.2) is 9.37 Å². The molecule has 8 heteroatoms. The third-order valence-electron chi connectivity index (χ3n) is 5.29. The van der Waals surface area contributed by atoms with E-state index in [1.165, 1.54) is 12.1 Å². The molecule has 2 aromatic heterocycles. The van der Waals surface area contributed by atoms with Gasteiger partial charge < -0.3 is 10.6 Å². The van der Waals surface area contributed by atoms with E-state index in [9.17, 15) is 9.18 Å². The average Bonchev–Trinajstić information content (AvgIpc) is 2.80. The Labute approximate surface area is 185 Å². The molecule has 3 aromatic rings. The number of piperidine rings is 1. The molecule has 1 aliphatic rings. The van der Waals surface area contributed by atoms with Crippen molar-refractivity contribution in [3.05, 3.63) is 71.0 Å². The molecule has 0 saturated carbocycles. The van der Waals surface area contributed by atoms with Crippen LogP contribution in [0.25, 0.3) is 11.3 Å². The first kappa shape index (κ1) is 21.3. The maximum absolute atomic E-state index is 13.4. The van der Waals surface area contributed by atoms with Crippen molar-refractivity contribution in [2.24, 2.45) is 5.92 Å². The van der Waals surface area contributed by atoms with Crippen molar-refractivity contribution in [2.75, 3.05) is 18.4 Å². The quantitative estimate of drug-likeness (QED) is 0.578. The van der Waals surface area contributed by atoms with Crippen molar-refractivity contribution in [1.82, 2.24) is 20.3 Å². The van der Waals surface area contributed by atoms with Gasteiger partial charge in [0.05, 0.1) is 23.1 Å². The van der Waals surface area contributed by atoms with E-state index in [-0.39, 0.29) is 23.9 Å². The number of hydrogen-bond donors (Lipinski definition) is 2. The number of carbonyl (C=O) groups is 1. The molecule has 1 saturated heterocycles. The third-order valence-corrected chi connectivity index (χ3v) is 5.59. The average molecular weight is 440 g/mol. The standard InChI is InChI=1S/C23H23ClFN5O/c24-20-12-28-18(9-22(31)16-4-2-6-26-11-16)8-19(20)21-13-27-14-23(30-21)29-10-15-3-1-5-17(25)7-15/h1,3,5,7-8,12-14,16,26H,2,4,6,9-11H2,(H,29,30)/t16-/m1/s1. The van der Waals surface area contributed by atoms with Crippen molar-refractivity contribution in [3.63, 3.8) is 0 Å². The van der Waals surface area contributed by atoms with E-state index < -0.39 is 0 Å². The Morgan fingerprint density at radius 1 is 1.26 bits per heavy atom. The van der Waals surface area contributed by atoms with Crippen LogP contribution < -0.4 is 10.6 Å². The lowest BCUT2D eigenvalue weighted by Crippen LogP contribution is -2.35. The second-order valence-corrected chi connectivity index (χ2v) is 8.02. The SMILES string of the molecule is O=C(Cc1cc(-c2cncc(NCc3cccc(F)c3)n2)c(Cl)cn1)[C@@H]1CCCNC1. The van der Waals surface area contributed by atoms with Crippen LogP contribution in [0, 0.1) is 11.7 Å². The first-order valence-electron chi connectivity index (χ1n) is 10.3. The van der Waals surface area contributed by atoms with Gasteiger partial charge in [0.2, 0.25) is 0 Å². The van der Waals surface area contributed by atoms with Crippen LogP contribution in [0.5, 0.6) is 0 Å². The molecule has 3 heterocycles. The molecule has 0 amide bonds. The summed E-state index contributed by atoms with van der Waals surface area (Å²) in [6, 6.07) is 8.17. The highest BCUT2D eigenvalue weighted by Crippen LogP contribution is 2.27. The molecule has 0 radical (unpaired) electrons. The van der Waals surface area contributed by atoms with Gasteiger partial charge in [-0.3, -0.25) is 14.8 Å². The Bertz CT molecular complexity index is 1070. The molecule has 1 atom stereocenters. The van der Waals surface area contributed by atoms with Gasteiger partial charge in [0, 0.05) is 42.9 Å². The molecule has 4 rings (SSSR count). The molecule has 0 unspecified atom stereocenters. The molecule has 0 aliphatic carbocycles. The highest BCUT2D eigenvalue weighted by molar-refractivity contribution is 6.33. The molecule has 6 nitrogen and oxygen atoms in total. The van der Waals surface area contributed by atoms with Crippen LogP contribution >= 0.6 is 11.6 Å². The number of benzene rings is 1. The number of hydrogen-bond acceptors (Lipinski definition) is 6. The minimum Gasteiger partial charge on any atom is -0.365 e. The van der Waals surface area contributed by atoms with Crippen molar-refractivity contribution < 1.29 is 9.18 Å². The summed E-state index contributed by atoms with van der Waals surface area (Å²) in [5, 5.41) is 6.86. The van der Waals surface area contributed by atoms with Crippen LogP contribution in [-0.4, -0.2) is 33.8 Å². The van der Waals surface area contributed by atoms with Crippen molar-refractivity contribution in [2.45, 2.75) is 25.8 Å². The van der Waals surface area contributed by atoms with E-state index in [2.05, 4.69) is 25.6 Å². The van der Waals surface area contributed by atoms with Gasteiger partial charge in [-0.15, -0.1) is 0 Å². The number of Topliss-reactive ketones (excluding diaryl/α,β-unsaturated/α-hetero) is 1. The number of nitrogens with zero attached hydrogens (tertiary/aromatic N) is 3. The van der Waals surface area contributed by atoms with Crippen LogP contribution in [0.3, 0.4) is 0 Å². The number of pyridine rings is 1. The van der Waals surface area contributed by atoms with Gasteiger partial charge in [0.25, 0.3) is 0 Å². The molecule has 2 N–H and O–H groups in total.